The topological polar surface area (TPSA) is 86.2 Å². The number of amides is 2. The minimum atomic E-state index is -0.622. The van der Waals surface area contributed by atoms with Gasteiger partial charge in [-0.1, -0.05) is 0 Å². The number of ether oxygens (including phenoxy) is 1. The summed E-state index contributed by atoms with van der Waals surface area (Å²) in [5, 5.41) is 11.5. The molecular formula is C26H29FN4O4S. The number of nitrogens with zero attached hydrogens (tertiary/aromatic N) is 4. The standard InChI is InChI=1S/C26H29FN4O4S/c1-17-28-23-13-22(6-7-24(23)36-17)35-16-21(32)15-30-10-8-29(9-11-30)14-18-12-25(33)31(26(18)34)20-4-2-19(27)3-5-20/h2-7,13,18,21,32H,8-12,14-16H2,1H3/t18?,21-/m1/s1. The smallest absolute Gasteiger partial charge is 0.238 e. The Bertz CT molecular complexity index is 1240. The van der Waals surface area contributed by atoms with Crippen molar-refractivity contribution in [1.29, 1.82) is 0 Å². The van der Waals surface area contributed by atoms with Crippen LogP contribution in [0.25, 0.3) is 10.2 Å². The van der Waals surface area contributed by atoms with Crippen LogP contribution < -0.4 is 9.64 Å². The van der Waals surface area contributed by atoms with E-state index in [-0.39, 0.29) is 24.8 Å². The predicted molar refractivity (Wildman–Crippen MR) is 136 cm³/mol. The van der Waals surface area contributed by atoms with Gasteiger partial charge in [0, 0.05) is 51.8 Å². The first-order valence-corrected chi connectivity index (χ1v) is 12.9. The van der Waals surface area contributed by atoms with Gasteiger partial charge >= 0.3 is 0 Å². The van der Waals surface area contributed by atoms with Crippen LogP contribution in [-0.4, -0.2) is 83.7 Å². The number of carbonyl (C=O) groups is 2. The Morgan fingerprint density at radius 1 is 1.11 bits per heavy atom. The number of hydrogen-bond donors (Lipinski definition) is 1. The minimum Gasteiger partial charge on any atom is -0.491 e. The zero-order valence-corrected chi connectivity index (χ0v) is 20.9. The highest BCUT2D eigenvalue weighted by atomic mass is 32.1. The van der Waals surface area contributed by atoms with Gasteiger partial charge in [-0.2, -0.15) is 0 Å². The number of halogens is 1. The van der Waals surface area contributed by atoms with Crippen molar-refractivity contribution in [3.63, 3.8) is 0 Å². The quantitative estimate of drug-likeness (QED) is 0.465. The number of β-amino-alcohol motifs (C(OH)–C–C–N with tert-alkyl or cyclic N) is 1. The summed E-state index contributed by atoms with van der Waals surface area (Å²) in [6.07, 6.45) is -0.457. The number of aliphatic hydroxyl groups is 1. The first kappa shape index (κ1) is 24.8. The van der Waals surface area contributed by atoms with E-state index in [1.165, 1.54) is 29.2 Å². The van der Waals surface area contributed by atoms with Gasteiger partial charge < -0.3 is 9.84 Å². The van der Waals surface area contributed by atoms with E-state index in [2.05, 4.69) is 14.8 Å². The lowest BCUT2D eigenvalue weighted by molar-refractivity contribution is -0.122. The van der Waals surface area contributed by atoms with Crippen molar-refractivity contribution < 1.29 is 23.8 Å². The monoisotopic (exact) mass is 512 g/mol. The molecule has 0 spiro atoms. The van der Waals surface area contributed by atoms with E-state index < -0.39 is 17.8 Å². The minimum absolute atomic E-state index is 0.165. The van der Waals surface area contributed by atoms with Crippen molar-refractivity contribution in [2.24, 2.45) is 5.92 Å². The second-order valence-electron chi connectivity index (χ2n) is 9.37. The maximum Gasteiger partial charge on any atom is 0.238 e. The van der Waals surface area contributed by atoms with Gasteiger partial charge in [0.1, 0.15) is 24.3 Å². The van der Waals surface area contributed by atoms with Gasteiger partial charge in [-0.15, -0.1) is 11.3 Å². The summed E-state index contributed by atoms with van der Waals surface area (Å²) >= 11 is 1.64. The molecule has 8 nitrogen and oxygen atoms in total. The van der Waals surface area contributed by atoms with Crippen LogP contribution in [0.2, 0.25) is 0 Å². The zero-order chi connectivity index (χ0) is 25.2. The zero-order valence-electron chi connectivity index (χ0n) is 20.1. The molecule has 36 heavy (non-hydrogen) atoms. The van der Waals surface area contributed by atoms with Crippen LogP contribution in [-0.2, 0) is 9.59 Å². The fourth-order valence-corrected chi connectivity index (χ4v) is 5.63. The molecule has 2 saturated heterocycles. The molecule has 2 aromatic carbocycles. The fourth-order valence-electron chi connectivity index (χ4n) is 4.82. The highest BCUT2D eigenvalue weighted by molar-refractivity contribution is 7.18. The Hall–Kier alpha value is -2.92. The maximum atomic E-state index is 13.2. The van der Waals surface area contributed by atoms with Crippen molar-refractivity contribution in [2.45, 2.75) is 19.4 Å². The molecule has 3 heterocycles. The Labute approximate surface area is 212 Å². The third kappa shape index (κ3) is 5.57. The van der Waals surface area contributed by atoms with Gasteiger partial charge in [0.2, 0.25) is 11.8 Å². The average molecular weight is 513 g/mol. The summed E-state index contributed by atoms with van der Waals surface area (Å²) in [6.45, 7) is 6.22. The Balaban J connectivity index is 1.06. The number of piperazine rings is 1. The lowest BCUT2D eigenvalue weighted by Crippen LogP contribution is -2.50. The van der Waals surface area contributed by atoms with Gasteiger partial charge in [-0.3, -0.25) is 24.3 Å². The fraction of sp³-hybridized carbons (Fsp3) is 0.423. The van der Waals surface area contributed by atoms with E-state index in [1.807, 2.05) is 25.1 Å². The average Bonchev–Trinajstić information content (AvgIpc) is 3.36. The van der Waals surface area contributed by atoms with Gasteiger partial charge in [-0.05, 0) is 43.3 Å². The first-order valence-electron chi connectivity index (χ1n) is 12.1. The van der Waals surface area contributed by atoms with Gasteiger partial charge in [0.15, 0.2) is 0 Å². The number of imide groups is 1. The van der Waals surface area contributed by atoms with E-state index in [9.17, 15) is 19.1 Å². The molecule has 2 aliphatic heterocycles. The van der Waals surface area contributed by atoms with E-state index >= 15 is 0 Å². The second kappa shape index (κ2) is 10.6. The Kier molecular flexibility index (Phi) is 7.29. The van der Waals surface area contributed by atoms with Crippen LogP contribution in [0, 0.1) is 18.7 Å². The highest BCUT2D eigenvalue weighted by Gasteiger charge is 2.40. The summed E-state index contributed by atoms with van der Waals surface area (Å²) in [5.74, 6) is -0.583. The van der Waals surface area contributed by atoms with Gasteiger partial charge in [-0.25, -0.2) is 9.37 Å². The van der Waals surface area contributed by atoms with Crippen LogP contribution in [0.5, 0.6) is 5.75 Å². The SMILES string of the molecule is Cc1nc2cc(OC[C@H](O)CN3CCN(CC4CC(=O)N(c5ccc(F)cc5)C4=O)CC3)ccc2s1. The maximum absolute atomic E-state index is 13.2. The van der Waals surface area contributed by atoms with Crippen molar-refractivity contribution in [3.05, 3.63) is 53.3 Å². The van der Waals surface area contributed by atoms with Crippen LogP contribution in [0.1, 0.15) is 11.4 Å². The molecule has 0 radical (unpaired) electrons. The third-order valence-electron chi connectivity index (χ3n) is 6.65. The molecule has 2 aliphatic rings. The van der Waals surface area contributed by atoms with Gasteiger partial charge in [0.25, 0.3) is 0 Å². The van der Waals surface area contributed by atoms with Crippen molar-refractivity contribution >= 4 is 39.1 Å². The second-order valence-corrected chi connectivity index (χ2v) is 10.6. The molecule has 0 saturated carbocycles. The van der Waals surface area contributed by atoms with Crippen LogP contribution in [0.4, 0.5) is 10.1 Å². The molecule has 0 bridgehead atoms. The number of rotatable bonds is 8. The predicted octanol–water partition coefficient (Wildman–Crippen LogP) is 2.68. The molecule has 2 amide bonds. The highest BCUT2D eigenvalue weighted by Crippen LogP contribution is 2.28. The number of anilines is 1. The van der Waals surface area contributed by atoms with E-state index in [1.54, 1.807) is 11.3 Å². The van der Waals surface area contributed by atoms with Crippen LogP contribution in [0.3, 0.4) is 0 Å². The Morgan fingerprint density at radius 2 is 1.83 bits per heavy atom. The molecule has 1 N–H and O–H groups in total. The molecule has 5 rings (SSSR count). The number of benzene rings is 2. The van der Waals surface area contributed by atoms with E-state index in [0.29, 0.717) is 24.5 Å². The molecule has 10 heteroatoms. The number of hydrogen-bond acceptors (Lipinski definition) is 8. The first-order chi connectivity index (χ1) is 17.4. The molecule has 0 aliphatic carbocycles. The summed E-state index contributed by atoms with van der Waals surface area (Å²) in [6, 6.07) is 11.2. The van der Waals surface area contributed by atoms with Crippen LogP contribution >= 0.6 is 11.3 Å². The van der Waals surface area contributed by atoms with Crippen LogP contribution in [0.15, 0.2) is 42.5 Å². The summed E-state index contributed by atoms with van der Waals surface area (Å²) in [5.41, 5.74) is 1.32. The van der Waals surface area contributed by atoms with E-state index in [4.69, 9.17) is 4.74 Å². The molecule has 1 aromatic heterocycles. The molecule has 1 unspecified atom stereocenters. The molecule has 3 aromatic rings. The Morgan fingerprint density at radius 3 is 2.58 bits per heavy atom. The number of aliphatic hydroxyl groups excluding tert-OH is 1. The van der Waals surface area contributed by atoms with E-state index in [0.717, 1.165) is 41.4 Å². The largest absolute Gasteiger partial charge is 0.491 e. The lowest BCUT2D eigenvalue weighted by atomic mass is 10.1. The molecule has 190 valence electrons. The number of fused-ring (bicyclic) bond motifs is 1. The molecular weight excluding hydrogens is 483 g/mol. The lowest BCUT2D eigenvalue weighted by Gasteiger charge is -2.36. The van der Waals surface area contributed by atoms with Crippen molar-refractivity contribution in [2.75, 3.05) is 50.8 Å². The summed E-state index contributed by atoms with van der Waals surface area (Å²) in [7, 11) is 0. The molecule has 2 fully saturated rings. The van der Waals surface area contributed by atoms with Crippen molar-refractivity contribution in [3.8, 4) is 5.75 Å². The normalized spacial score (nSPS) is 20.4. The van der Waals surface area contributed by atoms with Crippen molar-refractivity contribution in [1.82, 2.24) is 14.8 Å². The van der Waals surface area contributed by atoms with Gasteiger partial charge in [0.05, 0.1) is 26.8 Å². The third-order valence-corrected chi connectivity index (χ3v) is 7.60. The molecule has 2 atom stereocenters. The number of aryl methyl sites for hydroxylation is 1. The summed E-state index contributed by atoms with van der Waals surface area (Å²) in [4.78, 5) is 35.4. The number of thiazole rings is 1. The number of carbonyl (C=O) groups excluding carboxylic acids is 2. The summed E-state index contributed by atoms with van der Waals surface area (Å²) < 4.78 is 20.1. The number of aromatic nitrogens is 1.